The van der Waals surface area contributed by atoms with Crippen LogP contribution in [0.5, 0.6) is 5.75 Å². The highest BCUT2D eigenvalue weighted by Crippen LogP contribution is 2.38. The molecule has 0 radical (unpaired) electrons. The molecule has 0 bridgehead atoms. The van der Waals surface area contributed by atoms with E-state index in [1.807, 2.05) is 57.7 Å². The maximum Gasteiger partial charge on any atom is 0.410 e. The Morgan fingerprint density at radius 3 is 2.48 bits per heavy atom. The van der Waals surface area contributed by atoms with E-state index in [9.17, 15) is 9.59 Å². The second-order valence-electron chi connectivity index (χ2n) is 9.39. The third-order valence-corrected chi connectivity index (χ3v) is 5.10. The number of ether oxygens (including phenoxy) is 2. The van der Waals surface area contributed by atoms with Gasteiger partial charge in [0.15, 0.2) is 0 Å². The molecule has 6 heteroatoms. The molecule has 2 amide bonds. The Labute approximate surface area is 174 Å². The molecule has 0 aromatic heterocycles. The van der Waals surface area contributed by atoms with Gasteiger partial charge in [-0.05, 0) is 77.0 Å². The van der Waals surface area contributed by atoms with Crippen LogP contribution in [0.1, 0.15) is 72.8 Å². The molecule has 0 spiro atoms. The summed E-state index contributed by atoms with van der Waals surface area (Å²) in [5, 5.41) is 2.71. The van der Waals surface area contributed by atoms with Gasteiger partial charge in [0.25, 0.3) is 0 Å². The van der Waals surface area contributed by atoms with Crippen LogP contribution in [-0.4, -0.2) is 41.7 Å². The highest BCUT2D eigenvalue weighted by Gasteiger charge is 2.36. The summed E-state index contributed by atoms with van der Waals surface area (Å²) in [6, 6.07) is 6.08. The van der Waals surface area contributed by atoms with Crippen molar-refractivity contribution in [2.45, 2.75) is 85.0 Å². The zero-order chi connectivity index (χ0) is 21.8. The Morgan fingerprint density at radius 1 is 1.24 bits per heavy atom. The van der Waals surface area contributed by atoms with Crippen LogP contribution in [0.25, 0.3) is 0 Å². The standard InChI is InChI=1S/C23H36N2O4/c1-15(2)20-12-18(10-11-25(20)22(27)29-23(5,6)7)17-8-9-19(24-14-26)21(13-17)28-16(3)4/h8-9,13-16,18,20H,10-12H2,1-7H3,(H,24,26)/t18-,20-/m1/s1. The van der Waals surface area contributed by atoms with Gasteiger partial charge in [-0.2, -0.15) is 0 Å². The molecule has 1 saturated heterocycles. The van der Waals surface area contributed by atoms with Crippen LogP contribution in [0.4, 0.5) is 10.5 Å². The van der Waals surface area contributed by atoms with E-state index in [1.165, 1.54) is 5.56 Å². The maximum absolute atomic E-state index is 12.7. The lowest BCUT2D eigenvalue weighted by Gasteiger charge is -2.42. The third-order valence-electron chi connectivity index (χ3n) is 5.10. The van der Waals surface area contributed by atoms with Crippen LogP contribution in [0.3, 0.4) is 0 Å². The number of hydrogen-bond donors (Lipinski definition) is 1. The van der Waals surface area contributed by atoms with E-state index < -0.39 is 5.60 Å². The number of piperidine rings is 1. The number of likely N-dealkylation sites (tertiary alicyclic amines) is 1. The molecule has 1 aromatic carbocycles. The smallest absolute Gasteiger partial charge is 0.410 e. The molecule has 1 N–H and O–H groups in total. The average Bonchev–Trinajstić information content (AvgIpc) is 2.61. The summed E-state index contributed by atoms with van der Waals surface area (Å²) in [6.45, 7) is 14.6. The van der Waals surface area contributed by atoms with Crippen molar-refractivity contribution < 1.29 is 19.1 Å². The number of amides is 2. The van der Waals surface area contributed by atoms with Crippen LogP contribution in [-0.2, 0) is 9.53 Å². The summed E-state index contributed by atoms with van der Waals surface area (Å²) in [6.07, 6.45) is 2.18. The number of rotatable bonds is 6. The fourth-order valence-corrected chi connectivity index (χ4v) is 3.81. The predicted octanol–water partition coefficient (Wildman–Crippen LogP) is 5.18. The first kappa shape index (κ1) is 23.0. The molecule has 2 rings (SSSR count). The first-order valence-electron chi connectivity index (χ1n) is 10.5. The molecule has 162 valence electrons. The molecular formula is C23H36N2O4. The van der Waals surface area contributed by atoms with E-state index in [-0.39, 0.29) is 18.2 Å². The van der Waals surface area contributed by atoms with Crippen molar-refractivity contribution in [3.8, 4) is 5.75 Å². The molecule has 1 fully saturated rings. The zero-order valence-corrected chi connectivity index (χ0v) is 18.8. The summed E-state index contributed by atoms with van der Waals surface area (Å²) >= 11 is 0. The number of nitrogens with zero attached hydrogens (tertiary/aromatic N) is 1. The van der Waals surface area contributed by atoms with Gasteiger partial charge in [0.05, 0.1) is 11.8 Å². The number of carbonyl (C=O) groups excluding carboxylic acids is 2. The molecule has 0 unspecified atom stereocenters. The molecule has 1 aliphatic heterocycles. The van der Waals surface area contributed by atoms with Gasteiger partial charge in [-0.1, -0.05) is 19.9 Å². The van der Waals surface area contributed by atoms with Gasteiger partial charge < -0.3 is 19.7 Å². The summed E-state index contributed by atoms with van der Waals surface area (Å²) in [5.41, 5.74) is 1.34. The molecule has 29 heavy (non-hydrogen) atoms. The molecule has 0 saturated carbocycles. The van der Waals surface area contributed by atoms with E-state index in [1.54, 1.807) is 0 Å². The molecule has 1 aliphatic rings. The number of hydrogen-bond acceptors (Lipinski definition) is 4. The van der Waals surface area contributed by atoms with Crippen molar-refractivity contribution in [1.82, 2.24) is 4.90 Å². The van der Waals surface area contributed by atoms with E-state index in [0.717, 1.165) is 12.8 Å². The average molecular weight is 405 g/mol. The third kappa shape index (κ3) is 6.38. The van der Waals surface area contributed by atoms with Gasteiger partial charge in [-0.25, -0.2) is 4.79 Å². The lowest BCUT2D eigenvalue weighted by molar-refractivity contribution is -0.105. The quantitative estimate of drug-likeness (QED) is 0.663. The fourth-order valence-electron chi connectivity index (χ4n) is 3.81. The van der Waals surface area contributed by atoms with Crippen molar-refractivity contribution >= 4 is 18.2 Å². The van der Waals surface area contributed by atoms with E-state index in [0.29, 0.717) is 36.2 Å². The molecule has 2 atom stereocenters. The van der Waals surface area contributed by atoms with Gasteiger partial charge in [0, 0.05) is 12.6 Å². The number of carbonyl (C=O) groups is 2. The Hall–Kier alpha value is -2.24. The minimum absolute atomic E-state index is 0.00915. The van der Waals surface area contributed by atoms with Gasteiger partial charge in [0.2, 0.25) is 6.41 Å². The van der Waals surface area contributed by atoms with Crippen LogP contribution >= 0.6 is 0 Å². The van der Waals surface area contributed by atoms with Crippen LogP contribution in [0.15, 0.2) is 18.2 Å². The van der Waals surface area contributed by atoms with E-state index >= 15 is 0 Å². The minimum Gasteiger partial charge on any atom is -0.489 e. The minimum atomic E-state index is -0.500. The lowest BCUT2D eigenvalue weighted by Crippen LogP contribution is -2.49. The van der Waals surface area contributed by atoms with Gasteiger partial charge in [-0.15, -0.1) is 0 Å². The molecule has 1 aromatic rings. The van der Waals surface area contributed by atoms with Gasteiger partial charge in [0.1, 0.15) is 11.4 Å². The Balaban J connectivity index is 2.22. The highest BCUT2D eigenvalue weighted by atomic mass is 16.6. The van der Waals surface area contributed by atoms with Crippen molar-refractivity contribution in [1.29, 1.82) is 0 Å². The number of anilines is 1. The first-order valence-corrected chi connectivity index (χ1v) is 10.5. The van der Waals surface area contributed by atoms with Gasteiger partial charge in [-0.3, -0.25) is 4.79 Å². The van der Waals surface area contributed by atoms with Crippen molar-refractivity contribution in [3.63, 3.8) is 0 Å². The first-order chi connectivity index (χ1) is 13.5. The zero-order valence-electron chi connectivity index (χ0n) is 18.8. The molecule has 1 heterocycles. The van der Waals surface area contributed by atoms with E-state index in [2.05, 4.69) is 19.2 Å². The fraction of sp³-hybridized carbons (Fsp3) is 0.652. The van der Waals surface area contributed by atoms with Crippen molar-refractivity contribution in [2.24, 2.45) is 5.92 Å². The summed E-state index contributed by atoms with van der Waals surface area (Å²) in [5.74, 6) is 1.33. The second kappa shape index (κ2) is 9.51. The van der Waals surface area contributed by atoms with E-state index in [4.69, 9.17) is 9.47 Å². The monoisotopic (exact) mass is 404 g/mol. The topological polar surface area (TPSA) is 67.9 Å². The van der Waals surface area contributed by atoms with Gasteiger partial charge >= 0.3 is 6.09 Å². The number of benzene rings is 1. The van der Waals surface area contributed by atoms with Crippen LogP contribution < -0.4 is 10.1 Å². The number of nitrogens with one attached hydrogen (secondary N) is 1. The summed E-state index contributed by atoms with van der Waals surface area (Å²) < 4.78 is 11.5. The van der Waals surface area contributed by atoms with Crippen LogP contribution in [0, 0.1) is 5.92 Å². The largest absolute Gasteiger partial charge is 0.489 e. The van der Waals surface area contributed by atoms with Crippen molar-refractivity contribution in [3.05, 3.63) is 23.8 Å². The normalized spacial score (nSPS) is 20.0. The predicted molar refractivity (Wildman–Crippen MR) is 115 cm³/mol. The van der Waals surface area contributed by atoms with Crippen LogP contribution in [0.2, 0.25) is 0 Å². The SMILES string of the molecule is CC(C)Oc1cc([C@@H]2CCN(C(=O)OC(C)(C)C)[C@@H](C(C)C)C2)ccc1NC=O. The molecule has 0 aliphatic carbocycles. The van der Waals surface area contributed by atoms with Crippen molar-refractivity contribution in [2.75, 3.05) is 11.9 Å². The molecule has 6 nitrogen and oxygen atoms in total. The maximum atomic E-state index is 12.7. The highest BCUT2D eigenvalue weighted by molar-refractivity contribution is 5.75. The lowest BCUT2D eigenvalue weighted by atomic mass is 9.81. The summed E-state index contributed by atoms with van der Waals surface area (Å²) in [7, 11) is 0. The Morgan fingerprint density at radius 2 is 1.93 bits per heavy atom. The summed E-state index contributed by atoms with van der Waals surface area (Å²) in [4.78, 5) is 25.5. The second-order valence-corrected chi connectivity index (χ2v) is 9.39. The molecular weight excluding hydrogens is 368 g/mol. The Bertz CT molecular complexity index is 709. The Kier molecular flexibility index (Phi) is 7.55.